The molecular formula is C11H19N5. The smallest absolute Gasteiger partial charge is 0.153 e. The van der Waals surface area contributed by atoms with Crippen LogP contribution in [0.5, 0.6) is 0 Å². The molecule has 1 N–H and O–H groups in total. The molecule has 2 heterocycles. The Hall–Kier alpha value is -1.23. The molecule has 2 rings (SSSR count). The normalized spacial score (nSPS) is 16.8. The average Bonchev–Trinajstić information content (AvgIpc) is 2.30. The lowest BCUT2D eigenvalue weighted by Gasteiger charge is -2.28. The number of piperazine rings is 1. The molecule has 5 nitrogen and oxygen atoms in total. The monoisotopic (exact) mass is 221 g/mol. The fraction of sp³-hybridized carbons (Fsp3) is 0.727. The van der Waals surface area contributed by atoms with Crippen LogP contribution >= 0.6 is 0 Å². The van der Waals surface area contributed by atoms with Gasteiger partial charge >= 0.3 is 0 Å². The van der Waals surface area contributed by atoms with E-state index in [1.165, 1.54) is 0 Å². The summed E-state index contributed by atoms with van der Waals surface area (Å²) in [4.78, 5) is 6.82. The lowest BCUT2D eigenvalue weighted by Crippen LogP contribution is -2.44. The molecule has 0 aromatic carbocycles. The Kier molecular flexibility index (Phi) is 3.66. The lowest BCUT2D eigenvalue weighted by molar-refractivity contribution is 0.574. The zero-order valence-electron chi connectivity index (χ0n) is 9.98. The largest absolute Gasteiger partial charge is 0.353 e. The summed E-state index contributed by atoms with van der Waals surface area (Å²) in [5, 5.41) is 11.4. The SMILES string of the molecule is CC(C)Cc1nncc(N2CCNCC2)n1. The molecular weight excluding hydrogens is 202 g/mol. The van der Waals surface area contributed by atoms with Gasteiger partial charge in [0.05, 0.1) is 6.20 Å². The van der Waals surface area contributed by atoms with Crippen molar-refractivity contribution in [3.05, 3.63) is 12.0 Å². The van der Waals surface area contributed by atoms with E-state index in [2.05, 4.69) is 39.2 Å². The van der Waals surface area contributed by atoms with Crippen molar-refractivity contribution in [1.82, 2.24) is 20.5 Å². The van der Waals surface area contributed by atoms with Crippen LogP contribution in [0, 0.1) is 5.92 Å². The molecule has 0 amide bonds. The van der Waals surface area contributed by atoms with Gasteiger partial charge in [-0.1, -0.05) is 13.8 Å². The zero-order chi connectivity index (χ0) is 11.4. The van der Waals surface area contributed by atoms with Crippen LogP contribution in [-0.2, 0) is 6.42 Å². The maximum absolute atomic E-state index is 4.56. The molecule has 1 aliphatic heterocycles. The standard InChI is InChI=1S/C11H19N5/c1-9(2)7-10-14-11(8-13-15-10)16-5-3-12-4-6-16/h8-9,12H,3-7H2,1-2H3. The van der Waals surface area contributed by atoms with Gasteiger partial charge < -0.3 is 10.2 Å². The predicted molar refractivity (Wildman–Crippen MR) is 63.5 cm³/mol. The van der Waals surface area contributed by atoms with E-state index in [-0.39, 0.29) is 0 Å². The Morgan fingerprint density at radius 2 is 2.12 bits per heavy atom. The quantitative estimate of drug-likeness (QED) is 0.804. The molecule has 5 heteroatoms. The summed E-state index contributed by atoms with van der Waals surface area (Å²) in [7, 11) is 0. The van der Waals surface area contributed by atoms with Crippen LogP contribution in [0.15, 0.2) is 6.20 Å². The van der Waals surface area contributed by atoms with Crippen LogP contribution in [-0.4, -0.2) is 41.4 Å². The minimum absolute atomic E-state index is 0.570. The highest BCUT2D eigenvalue weighted by atomic mass is 15.3. The van der Waals surface area contributed by atoms with Crippen molar-refractivity contribution in [2.45, 2.75) is 20.3 Å². The minimum Gasteiger partial charge on any atom is -0.353 e. The van der Waals surface area contributed by atoms with Gasteiger partial charge in [0.1, 0.15) is 0 Å². The molecule has 88 valence electrons. The first-order valence-corrected chi connectivity index (χ1v) is 5.90. The third-order valence-corrected chi connectivity index (χ3v) is 2.62. The number of nitrogens with zero attached hydrogens (tertiary/aromatic N) is 4. The fourth-order valence-corrected chi connectivity index (χ4v) is 1.83. The third-order valence-electron chi connectivity index (χ3n) is 2.62. The molecule has 1 fully saturated rings. The molecule has 0 spiro atoms. The summed E-state index contributed by atoms with van der Waals surface area (Å²) in [6, 6.07) is 0. The van der Waals surface area contributed by atoms with Gasteiger partial charge in [-0.15, -0.1) is 5.10 Å². The second-order valence-corrected chi connectivity index (χ2v) is 4.57. The predicted octanol–water partition coefficient (Wildman–Crippen LogP) is 0.480. The van der Waals surface area contributed by atoms with E-state index < -0.39 is 0 Å². The lowest BCUT2D eigenvalue weighted by atomic mass is 10.1. The van der Waals surface area contributed by atoms with Gasteiger partial charge in [-0.2, -0.15) is 5.10 Å². The van der Waals surface area contributed by atoms with Crippen molar-refractivity contribution < 1.29 is 0 Å². The molecule has 0 aliphatic carbocycles. The number of nitrogens with one attached hydrogen (secondary N) is 1. The molecule has 1 aliphatic rings. The number of hydrogen-bond acceptors (Lipinski definition) is 5. The molecule has 1 aromatic heterocycles. The van der Waals surface area contributed by atoms with Crippen LogP contribution in [0.4, 0.5) is 5.82 Å². The summed E-state index contributed by atoms with van der Waals surface area (Å²) in [6.07, 6.45) is 2.65. The Labute approximate surface area is 96.3 Å². The van der Waals surface area contributed by atoms with Crippen molar-refractivity contribution in [2.24, 2.45) is 5.92 Å². The Morgan fingerprint density at radius 3 is 2.81 bits per heavy atom. The number of hydrogen-bond donors (Lipinski definition) is 1. The highest BCUT2D eigenvalue weighted by molar-refractivity contribution is 5.35. The summed E-state index contributed by atoms with van der Waals surface area (Å²) < 4.78 is 0. The first-order valence-electron chi connectivity index (χ1n) is 5.90. The molecule has 0 bridgehead atoms. The van der Waals surface area contributed by atoms with Gasteiger partial charge in [0.15, 0.2) is 11.6 Å². The Bertz CT molecular complexity index is 333. The zero-order valence-corrected chi connectivity index (χ0v) is 9.98. The second kappa shape index (κ2) is 5.21. The topological polar surface area (TPSA) is 53.9 Å². The first kappa shape index (κ1) is 11.3. The van der Waals surface area contributed by atoms with Crippen LogP contribution < -0.4 is 10.2 Å². The van der Waals surface area contributed by atoms with E-state index in [1.807, 2.05) is 0 Å². The molecule has 0 unspecified atom stereocenters. The second-order valence-electron chi connectivity index (χ2n) is 4.57. The van der Waals surface area contributed by atoms with Gasteiger partial charge in [0.25, 0.3) is 0 Å². The summed E-state index contributed by atoms with van der Waals surface area (Å²) in [6.45, 7) is 8.37. The van der Waals surface area contributed by atoms with Gasteiger partial charge in [0.2, 0.25) is 0 Å². The van der Waals surface area contributed by atoms with E-state index in [9.17, 15) is 0 Å². The summed E-state index contributed by atoms with van der Waals surface area (Å²) >= 11 is 0. The minimum atomic E-state index is 0.570. The average molecular weight is 221 g/mol. The van der Waals surface area contributed by atoms with Crippen LogP contribution in [0.2, 0.25) is 0 Å². The van der Waals surface area contributed by atoms with Crippen LogP contribution in [0.25, 0.3) is 0 Å². The van der Waals surface area contributed by atoms with Gasteiger partial charge in [0, 0.05) is 32.6 Å². The molecule has 16 heavy (non-hydrogen) atoms. The summed E-state index contributed by atoms with van der Waals surface area (Å²) in [5.41, 5.74) is 0. The van der Waals surface area contributed by atoms with Crippen molar-refractivity contribution in [3.63, 3.8) is 0 Å². The molecule has 0 atom stereocenters. The maximum atomic E-state index is 4.56. The van der Waals surface area contributed by atoms with Gasteiger partial charge in [-0.25, -0.2) is 4.98 Å². The Balaban J connectivity index is 2.08. The van der Waals surface area contributed by atoms with Crippen LogP contribution in [0.3, 0.4) is 0 Å². The highest BCUT2D eigenvalue weighted by Crippen LogP contribution is 2.10. The van der Waals surface area contributed by atoms with E-state index in [0.29, 0.717) is 5.92 Å². The molecule has 1 aromatic rings. The van der Waals surface area contributed by atoms with E-state index >= 15 is 0 Å². The maximum Gasteiger partial charge on any atom is 0.153 e. The first-order chi connectivity index (χ1) is 7.75. The number of aromatic nitrogens is 3. The third kappa shape index (κ3) is 2.88. The van der Waals surface area contributed by atoms with E-state index in [0.717, 1.165) is 44.2 Å². The number of anilines is 1. The highest BCUT2D eigenvalue weighted by Gasteiger charge is 2.13. The van der Waals surface area contributed by atoms with Crippen molar-refractivity contribution in [1.29, 1.82) is 0 Å². The van der Waals surface area contributed by atoms with Crippen LogP contribution in [0.1, 0.15) is 19.7 Å². The fourth-order valence-electron chi connectivity index (χ4n) is 1.83. The van der Waals surface area contributed by atoms with Crippen molar-refractivity contribution in [3.8, 4) is 0 Å². The molecule has 0 saturated carbocycles. The number of rotatable bonds is 3. The molecule has 1 saturated heterocycles. The van der Waals surface area contributed by atoms with Gasteiger partial charge in [-0.05, 0) is 5.92 Å². The molecule has 0 radical (unpaired) electrons. The van der Waals surface area contributed by atoms with Crippen molar-refractivity contribution in [2.75, 3.05) is 31.1 Å². The van der Waals surface area contributed by atoms with Crippen molar-refractivity contribution >= 4 is 5.82 Å². The van der Waals surface area contributed by atoms with Gasteiger partial charge in [-0.3, -0.25) is 0 Å². The Morgan fingerprint density at radius 1 is 1.38 bits per heavy atom. The summed E-state index contributed by atoms with van der Waals surface area (Å²) in [5.74, 6) is 2.39. The van der Waals surface area contributed by atoms with E-state index in [4.69, 9.17) is 0 Å². The van der Waals surface area contributed by atoms with E-state index in [1.54, 1.807) is 6.20 Å².